The highest BCUT2D eigenvalue weighted by molar-refractivity contribution is 6.04. The summed E-state index contributed by atoms with van der Waals surface area (Å²) in [4.78, 5) is 29.9. The van der Waals surface area contributed by atoms with Gasteiger partial charge in [-0.2, -0.15) is 0 Å². The summed E-state index contributed by atoms with van der Waals surface area (Å²) in [5, 5.41) is 5.69. The fourth-order valence-electron chi connectivity index (χ4n) is 3.47. The van der Waals surface area contributed by atoms with E-state index >= 15 is 0 Å². The van der Waals surface area contributed by atoms with Crippen LogP contribution in [0.3, 0.4) is 0 Å². The lowest BCUT2D eigenvalue weighted by Crippen LogP contribution is -2.37. The van der Waals surface area contributed by atoms with Crippen LogP contribution in [0.5, 0.6) is 11.5 Å². The van der Waals surface area contributed by atoms with Crippen molar-refractivity contribution in [1.29, 1.82) is 0 Å². The fourth-order valence-corrected chi connectivity index (χ4v) is 3.47. The van der Waals surface area contributed by atoms with Crippen LogP contribution in [0.25, 0.3) is 0 Å². The van der Waals surface area contributed by atoms with Crippen LogP contribution in [0.1, 0.15) is 16.8 Å². The molecule has 166 valence electrons. The molecule has 1 aromatic heterocycles. The average molecular weight is 435 g/mol. The molecule has 3 aromatic rings. The van der Waals surface area contributed by atoms with Crippen molar-refractivity contribution in [2.24, 2.45) is 0 Å². The van der Waals surface area contributed by atoms with Crippen LogP contribution in [-0.4, -0.2) is 53.8 Å². The van der Waals surface area contributed by atoms with Crippen molar-refractivity contribution in [3.8, 4) is 11.5 Å². The van der Waals surface area contributed by atoms with Crippen molar-refractivity contribution < 1.29 is 19.1 Å². The van der Waals surface area contributed by atoms with Crippen LogP contribution in [0.2, 0.25) is 0 Å². The zero-order valence-electron chi connectivity index (χ0n) is 18.2. The lowest BCUT2D eigenvalue weighted by molar-refractivity contribution is -0.125. The van der Waals surface area contributed by atoms with Crippen LogP contribution in [0, 0.1) is 0 Å². The summed E-state index contributed by atoms with van der Waals surface area (Å²) in [6.45, 7) is 0.534. The molecule has 0 saturated carbocycles. The Labute approximate surface area is 186 Å². The highest BCUT2D eigenvalue weighted by atomic mass is 16.5. The van der Waals surface area contributed by atoms with Crippen molar-refractivity contribution in [2.75, 3.05) is 26.6 Å². The summed E-state index contributed by atoms with van der Waals surface area (Å²) in [6.07, 6.45) is 1.69. The zero-order valence-corrected chi connectivity index (χ0v) is 18.2. The quantitative estimate of drug-likeness (QED) is 0.528. The number of nitrogens with zero attached hydrogens (tertiary/aromatic N) is 3. The first kappa shape index (κ1) is 21.2. The molecule has 2 aromatic carbocycles. The minimum atomic E-state index is -0.863. The second kappa shape index (κ2) is 9.01. The van der Waals surface area contributed by atoms with Crippen molar-refractivity contribution in [1.82, 2.24) is 19.8 Å². The van der Waals surface area contributed by atoms with Gasteiger partial charge in [0, 0.05) is 19.7 Å². The maximum absolute atomic E-state index is 12.3. The molecular formula is C23H25N5O4. The van der Waals surface area contributed by atoms with E-state index in [2.05, 4.69) is 10.6 Å². The van der Waals surface area contributed by atoms with Gasteiger partial charge >= 0.3 is 6.03 Å². The van der Waals surface area contributed by atoms with E-state index in [0.717, 1.165) is 33.2 Å². The number of hydrogen-bond acceptors (Lipinski definition) is 6. The molecule has 1 saturated heterocycles. The molecule has 3 amide bonds. The van der Waals surface area contributed by atoms with E-state index in [-0.39, 0.29) is 5.91 Å². The number of carbonyl (C=O) groups is 2. The van der Waals surface area contributed by atoms with E-state index in [4.69, 9.17) is 14.5 Å². The second-order valence-corrected chi connectivity index (χ2v) is 7.48. The first-order chi connectivity index (χ1) is 15.5. The molecular weight excluding hydrogens is 410 g/mol. The Morgan fingerprint density at radius 3 is 2.09 bits per heavy atom. The maximum Gasteiger partial charge on any atom is 0.325 e. The van der Waals surface area contributed by atoms with Gasteiger partial charge in [-0.3, -0.25) is 9.69 Å². The molecule has 2 N–H and O–H groups in total. The third kappa shape index (κ3) is 4.51. The van der Waals surface area contributed by atoms with E-state index in [9.17, 15) is 9.59 Å². The SMILES string of the molecule is COc1ccc(Cc2cn(Cc3ccc(OC)cc3)c(NC3NC(=O)N(C)C3=O)n2)cc1. The number of amides is 3. The number of hydrogen-bond donors (Lipinski definition) is 2. The number of nitrogens with one attached hydrogen (secondary N) is 2. The maximum atomic E-state index is 12.3. The largest absolute Gasteiger partial charge is 0.497 e. The Balaban J connectivity index is 1.59. The minimum Gasteiger partial charge on any atom is -0.497 e. The number of anilines is 1. The fraction of sp³-hybridized carbons (Fsp3) is 0.261. The molecule has 1 aliphatic heterocycles. The third-order valence-corrected chi connectivity index (χ3v) is 5.31. The Hall–Kier alpha value is -4.01. The van der Waals surface area contributed by atoms with Gasteiger partial charge in [0.2, 0.25) is 5.95 Å². The van der Waals surface area contributed by atoms with Crippen LogP contribution >= 0.6 is 0 Å². The van der Waals surface area contributed by atoms with Gasteiger partial charge in [-0.1, -0.05) is 24.3 Å². The average Bonchev–Trinajstić information content (AvgIpc) is 3.29. The first-order valence-electron chi connectivity index (χ1n) is 10.1. The lowest BCUT2D eigenvalue weighted by atomic mass is 10.1. The smallest absolute Gasteiger partial charge is 0.325 e. The van der Waals surface area contributed by atoms with Gasteiger partial charge in [0.05, 0.1) is 26.5 Å². The van der Waals surface area contributed by atoms with E-state index in [1.165, 1.54) is 7.05 Å². The Kier molecular flexibility index (Phi) is 5.98. The van der Waals surface area contributed by atoms with Gasteiger partial charge < -0.3 is 24.7 Å². The summed E-state index contributed by atoms with van der Waals surface area (Å²) in [5.74, 6) is 1.71. The Bertz CT molecular complexity index is 1110. The van der Waals surface area contributed by atoms with Crippen LogP contribution in [0.15, 0.2) is 54.7 Å². The minimum absolute atomic E-state index is 0.356. The third-order valence-electron chi connectivity index (χ3n) is 5.31. The van der Waals surface area contributed by atoms with E-state index in [1.54, 1.807) is 14.2 Å². The molecule has 9 heteroatoms. The van der Waals surface area contributed by atoms with Gasteiger partial charge in [0.1, 0.15) is 11.5 Å². The Morgan fingerprint density at radius 1 is 0.969 bits per heavy atom. The molecule has 2 heterocycles. The number of urea groups is 1. The highest BCUT2D eigenvalue weighted by Gasteiger charge is 2.36. The molecule has 1 atom stereocenters. The second-order valence-electron chi connectivity index (χ2n) is 7.48. The first-order valence-corrected chi connectivity index (χ1v) is 10.1. The van der Waals surface area contributed by atoms with Crippen LogP contribution < -0.4 is 20.1 Å². The molecule has 0 radical (unpaired) electrons. The number of rotatable bonds is 8. The van der Waals surface area contributed by atoms with Crippen LogP contribution in [0.4, 0.5) is 10.7 Å². The molecule has 0 spiro atoms. The van der Waals surface area contributed by atoms with Gasteiger partial charge in [-0.05, 0) is 35.4 Å². The van der Waals surface area contributed by atoms with Gasteiger partial charge in [-0.25, -0.2) is 9.78 Å². The molecule has 9 nitrogen and oxygen atoms in total. The normalized spacial score (nSPS) is 15.6. The van der Waals surface area contributed by atoms with E-state index < -0.39 is 12.2 Å². The summed E-state index contributed by atoms with van der Waals surface area (Å²) in [5.41, 5.74) is 2.95. The number of methoxy groups -OCH3 is 2. The van der Waals surface area contributed by atoms with Gasteiger partial charge in [0.15, 0.2) is 6.17 Å². The molecule has 4 rings (SSSR count). The molecule has 1 unspecified atom stereocenters. The van der Waals surface area contributed by atoms with Crippen LogP contribution in [-0.2, 0) is 17.8 Å². The predicted octanol–water partition coefficient (Wildman–Crippen LogP) is 2.46. The van der Waals surface area contributed by atoms with Crippen molar-refractivity contribution >= 4 is 17.9 Å². The summed E-state index contributed by atoms with van der Waals surface area (Å²) in [6, 6.07) is 15.1. The number of ether oxygens (including phenoxy) is 2. The number of benzene rings is 2. The number of imidazole rings is 1. The van der Waals surface area contributed by atoms with E-state index in [1.807, 2.05) is 59.3 Å². The zero-order chi connectivity index (χ0) is 22.7. The molecule has 1 aliphatic rings. The van der Waals surface area contributed by atoms with Crippen molar-refractivity contribution in [2.45, 2.75) is 19.1 Å². The summed E-state index contributed by atoms with van der Waals surface area (Å²) in [7, 11) is 4.70. The summed E-state index contributed by atoms with van der Waals surface area (Å²) < 4.78 is 12.4. The highest BCUT2D eigenvalue weighted by Crippen LogP contribution is 2.20. The summed E-state index contributed by atoms with van der Waals surface area (Å²) >= 11 is 0. The molecule has 0 bridgehead atoms. The lowest BCUT2D eigenvalue weighted by Gasteiger charge is -2.13. The molecule has 1 fully saturated rings. The number of aromatic nitrogens is 2. The monoisotopic (exact) mass is 435 g/mol. The Morgan fingerprint density at radius 2 is 1.56 bits per heavy atom. The number of carbonyl (C=O) groups excluding carboxylic acids is 2. The number of imide groups is 1. The number of likely N-dealkylation sites (N-methyl/N-ethyl adjacent to an activating group) is 1. The van der Waals surface area contributed by atoms with Crippen molar-refractivity contribution in [3.05, 3.63) is 71.5 Å². The predicted molar refractivity (Wildman–Crippen MR) is 119 cm³/mol. The molecule has 0 aliphatic carbocycles. The van der Waals surface area contributed by atoms with Gasteiger partial charge in [-0.15, -0.1) is 0 Å². The standard InChI is InChI=1S/C23H25N5O4/c1-27-21(29)20(26-23(27)30)25-22-24-17(12-15-4-8-18(31-2)9-5-15)14-28(22)13-16-6-10-19(32-3)11-7-16/h4-11,14,20H,12-13H2,1-3H3,(H,24,25)(H,26,30). The van der Waals surface area contributed by atoms with Crippen molar-refractivity contribution in [3.63, 3.8) is 0 Å². The van der Waals surface area contributed by atoms with E-state index in [0.29, 0.717) is 18.9 Å². The topological polar surface area (TPSA) is 97.7 Å². The van der Waals surface area contributed by atoms with Gasteiger partial charge in [0.25, 0.3) is 5.91 Å². The molecule has 32 heavy (non-hydrogen) atoms.